The topological polar surface area (TPSA) is 67.2 Å². The van der Waals surface area contributed by atoms with Crippen LogP contribution < -0.4 is 10.6 Å². The molecular weight excluding hydrogens is 262 g/mol. The third-order valence-electron chi connectivity index (χ3n) is 2.63. The van der Waals surface area contributed by atoms with Crippen LogP contribution >= 0.6 is 11.3 Å². The molecule has 2 aromatic heterocycles. The van der Waals surface area contributed by atoms with Crippen molar-refractivity contribution in [2.75, 3.05) is 0 Å². The summed E-state index contributed by atoms with van der Waals surface area (Å²) in [6, 6.07) is 3.35. The van der Waals surface area contributed by atoms with Gasteiger partial charge in [0.05, 0.1) is 23.3 Å². The first-order chi connectivity index (χ1) is 9.04. The third-order valence-corrected chi connectivity index (χ3v) is 3.45. The molecule has 0 saturated heterocycles. The summed E-state index contributed by atoms with van der Waals surface area (Å²) in [5, 5.41) is 8.53. The highest BCUT2D eigenvalue weighted by Crippen LogP contribution is 2.15. The van der Waals surface area contributed by atoms with Gasteiger partial charge in [0.2, 0.25) is 0 Å². The van der Waals surface area contributed by atoms with E-state index in [-0.39, 0.29) is 12.1 Å². The predicted molar refractivity (Wildman–Crippen MR) is 74.1 cm³/mol. The summed E-state index contributed by atoms with van der Waals surface area (Å²) in [4.78, 5) is 16.0. The summed E-state index contributed by atoms with van der Waals surface area (Å²) in [5.74, 6) is 1.58. The molecule has 2 rings (SSSR count). The maximum absolute atomic E-state index is 11.7. The molecule has 0 aromatic carbocycles. The van der Waals surface area contributed by atoms with E-state index in [2.05, 4.69) is 15.6 Å². The molecule has 0 fully saturated rings. The molecule has 2 heterocycles. The number of nitrogens with zero attached hydrogens (tertiary/aromatic N) is 1. The van der Waals surface area contributed by atoms with Crippen LogP contribution in [0.5, 0.6) is 0 Å². The fourth-order valence-corrected chi connectivity index (χ4v) is 2.28. The van der Waals surface area contributed by atoms with Crippen LogP contribution in [-0.4, -0.2) is 11.0 Å². The summed E-state index contributed by atoms with van der Waals surface area (Å²) in [7, 11) is 0. The minimum absolute atomic E-state index is 0.161. The van der Waals surface area contributed by atoms with E-state index in [9.17, 15) is 4.79 Å². The maximum atomic E-state index is 11.7. The number of amides is 2. The fraction of sp³-hybridized carbons (Fsp3) is 0.385. The molecule has 0 unspecified atom stereocenters. The number of furan rings is 1. The molecule has 5 nitrogen and oxygen atoms in total. The number of carbonyl (C=O) groups is 1. The highest BCUT2D eigenvalue weighted by Gasteiger charge is 2.12. The monoisotopic (exact) mass is 279 g/mol. The number of aromatic nitrogens is 1. The van der Waals surface area contributed by atoms with Gasteiger partial charge in [-0.25, -0.2) is 9.78 Å². The van der Waals surface area contributed by atoms with Gasteiger partial charge in [-0.3, -0.25) is 0 Å². The molecular formula is C13H17N3O2S. The molecule has 2 aromatic rings. The average Bonchev–Trinajstić information content (AvgIpc) is 2.95. The molecule has 102 valence electrons. The highest BCUT2D eigenvalue weighted by atomic mass is 32.1. The number of nitrogens with one attached hydrogen (secondary N) is 2. The summed E-state index contributed by atoms with van der Waals surface area (Å²) in [5.41, 5.74) is 0.874. The fourth-order valence-electron chi connectivity index (χ4n) is 1.67. The summed E-state index contributed by atoms with van der Waals surface area (Å²) in [6.07, 6.45) is 0. The van der Waals surface area contributed by atoms with Crippen molar-refractivity contribution in [1.82, 2.24) is 15.6 Å². The number of thiazole rings is 1. The normalized spacial score (nSPS) is 12.2. The number of hydrogen-bond acceptors (Lipinski definition) is 4. The number of carbonyl (C=O) groups excluding carboxylic acids is 1. The lowest BCUT2D eigenvalue weighted by atomic mass is 10.2. The second-order valence-corrected chi connectivity index (χ2v) is 5.42. The minimum Gasteiger partial charge on any atom is -0.464 e. The molecule has 6 heteroatoms. The zero-order chi connectivity index (χ0) is 13.8. The largest absolute Gasteiger partial charge is 0.464 e. The predicted octanol–water partition coefficient (Wildman–Crippen LogP) is 2.91. The van der Waals surface area contributed by atoms with Crippen molar-refractivity contribution in [3.8, 4) is 0 Å². The van der Waals surface area contributed by atoms with Crippen LogP contribution in [0.1, 0.15) is 35.2 Å². The van der Waals surface area contributed by atoms with E-state index < -0.39 is 0 Å². The van der Waals surface area contributed by atoms with Gasteiger partial charge in [0, 0.05) is 5.38 Å². The first-order valence-corrected chi connectivity index (χ1v) is 6.94. The van der Waals surface area contributed by atoms with Gasteiger partial charge in [-0.1, -0.05) is 0 Å². The first kappa shape index (κ1) is 13.6. The molecule has 0 aliphatic rings. The Morgan fingerprint density at radius 3 is 2.84 bits per heavy atom. The molecule has 19 heavy (non-hydrogen) atoms. The van der Waals surface area contributed by atoms with Gasteiger partial charge < -0.3 is 15.1 Å². The standard InChI is InChI=1S/C13H17N3O2S/c1-8-4-5-12(18-8)9(2)15-13(17)14-6-11-7-19-10(3)16-11/h4-5,7,9H,6H2,1-3H3,(H2,14,15,17)/t9-/m0/s1. The molecule has 0 bridgehead atoms. The molecule has 1 atom stereocenters. The second-order valence-electron chi connectivity index (χ2n) is 4.35. The van der Waals surface area contributed by atoms with E-state index in [4.69, 9.17) is 4.42 Å². The van der Waals surface area contributed by atoms with E-state index in [0.717, 1.165) is 22.2 Å². The Labute approximate surface area is 116 Å². The number of rotatable bonds is 4. The van der Waals surface area contributed by atoms with Crippen LogP contribution in [0.2, 0.25) is 0 Å². The van der Waals surface area contributed by atoms with Crippen molar-refractivity contribution in [2.24, 2.45) is 0 Å². The van der Waals surface area contributed by atoms with E-state index in [0.29, 0.717) is 6.54 Å². The molecule has 2 N–H and O–H groups in total. The Balaban J connectivity index is 1.81. The Morgan fingerprint density at radius 1 is 1.47 bits per heavy atom. The minimum atomic E-state index is -0.229. The zero-order valence-corrected chi connectivity index (χ0v) is 12.0. The van der Waals surface area contributed by atoms with Gasteiger partial charge in [-0.2, -0.15) is 0 Å². The van der Waals surface area contributed by atoms with Crippen LogP contribution in [0.4, 0.5) is 4.79 Å². The van der Waals surface area contributed by atoms with Gasteiger partial charge in [0.15, 0.2) is 0 Å². The summed E-state index contributed by atoms with van der Waals surface area (Å²) in [6.45, 7) is 6.13. The van der Waals surface area contributed by atoms with E-state index in [1.165, 1.54) is 0 Å². The van der Waals surface area contributed by atoms with Gasteiger partial charge >= 0.3 is 6.03 Å². The number of urea groups is 1. The van der Waals surface area contributed by atoms with Crippen LogP contribution in [0.25, 0.3) is 0 Å². The van der Waals surface area contributed by atoms with Crippen LogP contribution in [0.15, 0.2) is 21.9 Å². The van der Waals surface area contributed by atoms with Gasteiger partial charge in [-0.05, 0) is 32.9 Å². The van der Waals surface area contributed by atoms with Crippen molar-refractivity contribution < 1.29 is 9.21 Å². The van der Waals surface area contributed by atoms with Crippen molar-refractivity contribution in [3.05, 3.63) is 39.7 Å². The quantitative estimate of drug-likeness (QED) is 0.904. The molecule has 0 spiro atoms. The molecule has 0 saturated carbocycles. The van der Waals surface area contributed by atoms with Crippen molar-refractivity contribution in [3.63, 3.8) is 0 Å². The molecule has 0 aliphatic carbocycles. The molecule has 0 aliphatic heterocycles. The highest BCUT2D eigenvalue weighted by molar-refractivity contribution is 7.09. The number of hydrogen-bond donors (Lipinski definition) is 2. The second kappa shape index (κ2) is 5.88. The first-order valence-electron chi connectivity index (χ1n) is 6.06. The lowest BCUT2D eigenvalue weighted by Crippen LogP contribution is -2.36. The van der Waals surface area contributed by atoms with Crippen molar-refractivity contribution in [1.29, 1.82) is 0 Å². The average molecular weight is 279 g/mol. The smallest absolute Gasteiger partial charge is 0.315 e. The SMILES string of the molecule is Cc1ccc([C@H](C)NC(=O)NCc2csc(C)n2)o1. The van der Waals surface area contributed by atoms with E-state index in [1.807, 2.05) is 38.3 Å². The van der Waals surface area contributed by atoms with Crippen molar-refractivity contribution >= 4 is 17.4 Å². The zero-order valence-electron chi connectivity index (χ0n) is 11.2. The van der Waals surface area contributed by atoms with Crippen LogP contribution in [-0.2, 0) is 6.54 Å². The van der Waals surface area contributed by atoms with E-state index in [1.54, 1.807) is 11.3 Å². The summed E-state index contributed by atoms with van der Waals surface area (Å²) >= 11 is 1.57. The molecule has 0 radical (unpaired) electrons. The Hall–Kier alpha value is -1.82. The Bertz CT molecular complexity index is 562. The van der Waals surface area contributed by atoms with Gasteiger partial charge in [0.1, 0.15) is 11.5 Å². The maximum Gasteiger partial charge on any atom is 0.315 e. The lowest BCUT2D eigenvalue weighted by molar-refractivity contribution is 0.235. The third kappa shape index (κ3) is 3.82. The van der Waals surface area contributed by atoms with E-state index >= 15 is 0 Å². The molecule has 2 amide bonds. The number of aryl methyl sites for hydroxylation is 2. The van der Waals surface area contributed by atoms with Gasteiger partial charge in [-0.15, -0.1) is 11.3 Å². The van der Waals surface area contributed by atoms with Crippen molar-refractivity contribution in [2.45, 2.75) is 33.4 Å². The Morgan fingerprint density at radius 2 is 2.26 bits per heavy atom. The van der Waals surface area contributed by atoms with Crippen LogP contribution in [0, 0.1) is 13.8 Å². The van der Waals surface area contributed by atoms with Gasteiger partial charge in [0.25, 0.3) is 0 Å². The summed E-state index contributed by atoms with van der Waals surface area (Å²) < 4.78 is 5.46. The van der Waals surface area contributed by atoms with Crippen LogP contribution in [0.3, 0.4) is 0 Å². The Kier molecular flexibility index (Phi) is 4.21. The lowest BCUT2D eigenvalue weighted by Gasteiger charge is -2.12.